The number of esters is 1. The van der Waals surface area contributed by atoms with E-state index in [1.165, 1.54) is 21.3 Å². The van der Waals surface area contributed by atoms with Gasteiger partial charge in [-0.3, -0.25) is 0 Å². The number of ether oxygens (including phenoxy) is 7. The topological polar surface area (TPSA) is 102 Å². The zero-order chi connectivity index (χ0) is 27.1. The van der Waals surface area contributed by atoms with E-state index in [0.29, 0.717) is 51.2 Å². The van der Waals surface area contributed by atoms with Crippen LogP contribution in [0.2, 0.25) is 0 Å². The first-order valence-corrected chi connectivity index (χ1v) is 12.0. The molecule has 2 aliphatic carbocycles. The van der Waals surface area contributed by atoms with Crippen LogP contribution in [0.4, 0.5) is 0 Å². The summed E-state index contributed by atoms with van der Waals surface area (Å²) in [6.07, 6.45) is 4.37. The van der Waals surface area contributed by atoms with Crippen molar-refractivity contribution >= 4 is 5.97 Å². The number of hydrogen-bond donors (Lipinski definition) is 1. The molecule has 1 aliphatic heterocycles. The Hall–Kier alpha value is -3.59. The van der Waals surface area contributed by atoms with E-state index in [4.69, 9.17) is 33.2 Å². The molecule has 9 heteroatoms. The summed E-state index contributed by atoms with van der Waals surface area (Å²) in [7, 11) is 6.10. The minimum atomic E-state index is -1.52. The molecule has 1 saturated heterocycles. The third kappa shape index (κ3) is 4.21. The van der Waals surface area contributed by atoms with Gasteiger partial charge in [0.15, 0.2) is 29.1 Å². The summed E-state index contributed by atoms with van der Waals surface area (Å²) in [4.78, 5) is 13.0. The van der Waals surface area contributed by atoms with Crippen molar-refractivity contribution in [3.63, 3.8) is 0 Å². The number of carbonyl (C=O) groups excluding carboxylic acids is 1. The zero-order valence-electron chi connectivity index (χ0n) is 22.5. The van der Waals surface area contributed by atoms with Crippen molar-refractivity contribution in [3.05, 3.63) is 63.8 Å². The maximum absolute atomic E-state index is 13.0. The molecular weight excluding hydrogens is 480 g/mol. The van der Waals surface area contributed by atoms with Gasteiger partial charge in [0.25, 0.3) is 0 Å². The summed E-state index contributed by atoms with van der Waals surface area (Å²) in [5.41, 5.74) is 0.769. The Balaban J connectivity index is 2.12. The molecule has 0 spiro atoms. The number of benzene rings is 1. The Morgan fingerprint density at radius 3 is 2.41 bits per heavy atom. The monoisotopic (exact) mass is 514 g/mol. The van der Waals surface area contributed by atoms with Crippen LogP contribution in [0, 0.1) is 5.92 Å². The average Bonchev–Trinajstić information content (AvgIpc) is 3.36. The van der Waals surface area contributed by atoms with Gasteiger partial charge >= 0.3 is 5.97 Å². The second-order valence-corrected chi connectivity index (χ2v) is 9.33. The summed E-state index contributed by atoms with van der Waals surface area (Å²) in [5, 5.41) is 11.9. The lowest BCUT2D eigenvalue weighted by Crippen LogP contribution is -2.43. The van der Waals surface area contributed by atoms with E-state index in [9.17, 15) is 9.90 Å². The molecule has 0 unspecified atom stereocenters. The molecule has 1 aromatic rings. The molecule has 0 amide bonds. The predicted octanol–water partition coefficient (Wildman–Crippen LogP) is 4.43. The van der Waals surface area contributed by atoms with Gasteiger partial charge in [0, 0.05) is 22.6 Å². The Morgan fingerprint density at radius 1 is 1.11 bits per heavy atom. The Bertz CT molecular complexity index is 1220. The van der Waals surface area contributed by atoms with Crippen molar-refractivity contribution in [2.75, 3.05) is 35.2 Å². The van der Waals surface area contributed by atoms with Gasteiger partial charge < -0.3 is 38.3 Å². The fraction of sp³-hybridized carbons (Fsp3) is 0.464. The molecule has 4 rings (SSSR count). The number of aliphatic hydroxyl groups is 1. The van der Waals surface area contributed by atoms with Crippen LogP contribution >= 0.6 is 0 Å². The Kier molecular flexibility index (Phi) is 7.19. The number of hydrogen-bond acceptors (Lipinski definition) is 9. The van der Waals surface area contributed by atoms with E-state index in [1.54, 1.807) is 40.0 Å². The van der Waals surface area contributed by atoms with E-state index in [-0.39, 0.29) is 6.79 Å². The lowest BCUT2D eigenvalue weighted by Gasteiger charge is -2.41. The number of rotatable bonds is 6. The molecule has 200 valence electrons. The van der Waals surface area contributed by atoms with Crippen LogP contribution in [0.15, 0.2) is 52.7 Å². The quantitative estimate of drug-likeness (QED) is 0.436. The third-order valence-electron chi connectivity index (χ3n) is 7.33. The second-order valence-electron chi connectivity index (χ2n) is 9.33. The molecule has 0 aromatic heterocycles. The first-order valence-electron chi connectivity index (χ1n) is 12.0. The first kappa shape index (κ1) is 26.5. The fourth-order valence-electron chi connectivity index (χ4n) is 4.98. The maximum atomic E-state index is 13.0. The van der Waals surface area contributed by atoms with Gasteiger partial charge in [0.1, 0.15) is 5.60 Å². The first-order chi connectivity index (χ1) is 17.6. The molecule has 0 saturated carbocycles. The van der Waals surface area contributed by atoms with Crippen LogP contribution in [-0.4, -0.2) is 51.9 Å². The molecule has 1 heterocycles. The minimum absolute atomic E-state index is 0.0556. The van der Waals surface area contributed by atoms with Crippen LogP contribution in [0.5, 0.6) is 17.2 Å². The van der Waals surface area contributed by atoms with Gasteiger partial charge in [-0.2, -0.15) is 0 Å². The average molecular weight is 515 g/mol. The van der Waals surface area contributed by atoms with Crippen LogP contribution in [-0.2, 0) is 23.7 Å². The highest BCUT2D eigenvalue weighted by molar-refractivity contribution is 5.88. The van der Waals surface area contributed by atoms with Crippen LogP contribution in [0.3, 0.4) is 0 Å². The maximum Gasteiger partial charge on any atom is 0.334 e. The van der Waals surface area contributed by atoms with E-state index >= 15 is 0 Å². The SMILES string of the molecule is C/C=C(\C)C(=O)O[C@H]1c2cc(OC)c(OC)c(OC)c2[C@H]2C(OC)=C3OCOC3=C/C2=C/[C@H](C)[C@]1(C)O. The van der Waals surface area contributed by atoms with Crippen LogP contribution < -0.4 is 14.2 Å². The molecule has 0 bridgehead atoms. The highest BCUT2D eigenvalue weighted by atomic mass is 16.7. The van der Waals surface area contributed by atoms with Gasteiger partial charge in [-0.1, -0.05) is 19.1 Å². The summed E-state index contributed by atoms with van der Waals surface area (Å²) < 4.78 is 40.6. The van der Waals surface area contributed by atoms with Gasteiger partial charge in [0.05, 0.1) is 34.4 Å². The van der Waals surface area contributed by atoms with E-state index < -0.39 is 29.5 Å². The molecule has 1 aromatic carbocycles. The summed E-state index contributed by atoms with van der Waals surface area (Å²) in [5.74, 6) is 1.03. The summed E-state index contributed by atoms with van der Waals surface area (Å²) >= 11 is 0. The Labute approximate surface area is 216 Å². The van der Waals surface area contributed by atoms with Crippen molar-refractivity contribution in [3.8, 4) is 17.2 Å². The lowest BCUT2D eigenvalue weighted by atomic mass is 9.71. The van der Waals surface area contributed by atoms with E-state index in [0.717, 1.165) is 5.57 Å². The van der Waals surface area contributed by atoms with Crippen molar-refractivity contribution < 1.29 is 43.1 Å². The van der Waals surface area contributed by atoms with E-state index in [1.807, 2.05) is 19.1 Å². The van der Waals surface area contributed by atoms with E-state index in [2.05, 4.69) is 0 Å². The predicted molar refractivity (Wildman–Crippen MR) is 134 cm³/mol. The molecule has 37 heavy (non-hydrogen) atoms. The molecule has 9 nitrogen and oxygen atoms in total. The highest BCUT2D eigenvalue weighted by Gasteiger charge is 2.49. The van der Waals surface area contributed by atoms with Gasteiger partial charge in [0.2, 0.25) is 18.3 Å². The van der Waals surface area contributed by atoms with Crippen molar-refractivity contribution in [2.45, 2.75) is 45.3 Å². The lowest BCUT2D eigenvalue weighted by molar-refractivity contribution is -0.164. The van der Waals surface area contributed by atoms with Crippen LogP contribution in [0.1, 0.15) is 50.8 Å². The van der Waals surface area contributed by atoms with Crippen molar-refractivity contribution in [1.82, 2.24) is 0 Å². The largest absolute Gasteiger partial charge is 0.496 e. The van der Waals surface area contributed by atoms with Crippen molar-refractivity contribution in [2.24, 2.45) is 5.92 Å². The number of allylic oxidation sites excluding steroid dienone is 3. The number of methoxy groups -OCH3 is 4. The second kappa shape index (κ2) is 10.0. The molecule has 4 atom stereocenters. The van der Waals surface area contributed by atoms with Gasteiger partial charge in [-0.05, 0) is 38.5 Å². The third-order valence-corrected chi connectivity index (χ3v) is 7.33. The number of carbonyl (C=O) groups is 1. The molecular formula is C28H34O9. The Morgan fingerprint density at radius 2 is 1.81 bits per heavy atom. The van der Waals surface area contributed by atoms with Crippen molar-refractivity contribution in [1.29, 1.82) is 0 Å². The summed E-state index contributed by atoms with van der Waals surface area (Å²) in [6, 6.07) is 1.72. The molecule has 0 radical (unpaired) electrons. The van der Waals surface area contributed by atoms with Gasteiger partial charge in [-0.25, -0.2) is 4.79 Å². The molecule has 1 fully saturated rings. The number of fused-ring (bicyclic) bond motifs is 4. The highest BCUT2D eigenvalue weighted by Crippen LogP contribution is 2.56. The smallest absolute Gasteiger partial charge is 0.334 e. The standard InChI is InChI=1S/C28H34O9/c1-9-14(2)27(29)37-26-17-12-18(31-5)22(32-6)25(34-8)21(17)20-16(10-15(3)28(26,4)30)11-19-23(24(20)33-7)36-13-35-19/h9-12,15,20,26,30H,13H2,1-8H3/b14-9+,16-10-/t15-,20-,26-,28-/m0/s1. The molecule has 1 N–H and O–H groups in total. The zero-order valence-corrected chi connectivity index (χ0v) is 22.5. The van der Waals surface area contributed by atoms with Crippen LogP contribution in [0.25, 0.3) is 0 Å². The van der Waals surface area contributed by atoms with Gasteiger partial charge in [-0.15, -0.1) is 0 Å². The normalized spacial score (nSPS) is 28.0. The molecule has 3 aliphatic rings. The summed E-state index contributed by atoms with van der Waals surface area (Å²) in [6.45, 7) is 6.99. The minimum Gasteiger partial charge on any atom is -0.496 e. The fourth-order valence-corrected chi connectivity index (χ4v) is 4.98.